The molecule has 0 atom stereocenters. The summed E-state index contributed by atoms with van der Waals surface area (Å²) >= 11 is 0. The summed E-state index contributed by atoms with van der Waals surface area (Å²) in [5.41, 5.74) is 3.79. The molecule has 1 aliphatic rings. The predicted molar refractivity (Wildman–Crippen MR) is 57.1 cm³/mol. The Morgan fingerprint density at radius 2 is 2.12 bits per heavy atom. The number of nitrogens with zero attached hydrogens (tertiary/aromatic N) is 2. The van der Waals surface area contributed by atoms with Crippen molar-refractivity contribution in [1.29, 1.82) is 5.26 Å². The normalized spacial score (nSPS) is 16.8. The molecule has 1 N–H and O–H groups in total. The van der Waals surface area contributed by atoms with Gasteiger partial charge in [-0.15, -0.1) is 0 Å². The summed E-state index contributed by atoms with van der Waals surface area (Å²) in [7, 11) is 0. The molecule has 1 aliphatic heterocycles. The minimum atomic E-state index is -0.499. The monoisotopic (exact) mass is 221 g/mol. The number of hydrogen-bond acceptors (Lipinski definition) is 4. The van der Waals surface area contributed by atoms with E-state index < -0.39 is 5.82 Å². The van der Waals surface area contributed by atoms with Gasteiger partial charge in [0.1, 0.15) is 11.9 Å². The van der Waals surface area contributed by atoms with Gasteiger partial charge in [-0.05, 0) is 18.2 Å². The fraction of sp³-hybridized carbons (Fsp3) is 0.364. The number of rotatable bonds is 2. The summed E-state index contributed by atoms with van der Waals surface area (Å²) < 4.78 is 18.5. The third-order valence-electron chi connectivity index (χ3n) is 2.39. The first kappa shape index (κ1) is 10.9. The molecule has 4 nitrogen and oxygen atoms in total. The van der Waals surface area contributed by atoms with Gasteiger partial charge >= 0.3 is 0 Å². The van der Waals surface area contributed by atoms with Crippen molar-refractivity contribution in [3.8, 4) is 6.07 Å². The molecule has 0 aliphatic carbocycles. The van der Waals surface area contributed by atoms with E-state index in [-0.39, 0.29) is 5.56 Å². The molecule has 0 radical (unpaired) electrons. The Hall–Kier alpha value is -1.64. The maximum absolute atomic E-state index is 13.3. The van der Waals surface area contributed by atoms with Crippen LogP contribution < -0.4 is 5.43 Å². The molecule has 0 amide bonds. The van der Waals surface area contributed by atoms with E-state index >= 15 is 0 Å². The number of morpholine rings is 1. The molecule has 2 rings (SSSR count). The quantitative estimate of drug-likeness (QED) is 0.819. The van der Waals surface area contributed by atoms with Crippen molar-refractivity contribution in [3.05, 3.63) is 29.6 Å². The molecular weight excluding hydrogens is 209 g/mol. The molecular formula is C11H12FN3O. The largest absolute Gasteiger partial charge is 0.379 e. The summed E-state index contributed by atoms with van der Waals surface area (Å²) in [5, 5.41) is 10.6. The lowest BCUT2D eigenvalue weighted by Gasteiger charge is -2.27. The summed E-state index contributed by atoms with van der Waals surface area (Å²) in [6.07, 6.45) is 0. The number of ether oxygens (including phenoxy) is 1. The standard InChI is InChI=1S/C11H12FN3O/c12-11-7-10(2-1-9(11)8-13)14-15-3-5-16-6-4-15/h1-2,7,14H,3-6H2. The Morgan fingerprint density at radius 1 is 1.38 bits per heavy atom. The van der Waals surface area contributed by atoms with Crippen LogP contribution >= 0.6 is 0 Å². The lowest BCUT2D eigenvalue weighted by atomic mass is 10.2. The maximum atomic E-state index is 13.3. The maximum Gasteiger partial charge on any atom is 0.143 e. The topological polar surface area (TPSA) is 48.3 Å². The van der Waals surface area contributed by atoms with Gasteiger partial charge in [0.25, 0.3) is 0 Å². The second kappa shape index (κ2) is 4.92. The van der Waals surface area contributed by atoms with Crippen LogP contribution in [0.5, 0.6) is 0 Å². The van der Waals surface area contributed by atoms with Gasteiger partial charge in [-0.3, -0.25) is 0 Å². The highest BCUT2D eigenvalue weighted by Crippen LogP contribution is 2.14. The molecule has 84 valence electrons. The van der Waals surface area contributed by atoms with Crippen LogP contribution in [-0.2, 0) is 4.74 Å². The van der Waals surface area contributed by atoms with Crippen molar-refractivity contribution >= 4 is 5.69 Å². The number of nitriles is 1. The summed E-state index contributed by atoms with van der Waals surface area (Å²) in [6, 6.07) is 6.28. The van der Waals surface area contributed by atoms with Crippen molar-refractivity contribution in [2.75, 3.05) is 31.7 Å². The molecule has 0 bridgehead atoms. The van der Waals surface area contributed by atoms with Gasteiger partial charge in [-0.25, -0.2) is 9.40 Å². The van der Waals surface area contributed by atoms with Gasteiger partial charge in [-0.1, -0.05) is 0 Å². The third kappa shape index (κ3) is 2.48. The zero-order valence-corrected chi connectivity index (χ0v) is 8.74. The van der Waals surface area contributed by atoms with Crippen molar-refractivity contribution in [2.24, 2.45) is 0 Å². The molecule has 1 aromatic carbocycles. The number of hydrazine groups is 1. The van der Waals surface area contributed by atoms with E-state index in [1.807, 2.05) is 5.01 Å². The van der Waals surface area contributed by atoms with E-state index in [4.69, 9.17) is 10.00 Å². The van der Waals surface area contributed by atoms with E-state index in [9.17, 15) is 4.39 Å². The number of anilines is 1. The number of hydrogen-bond donors (Lipinski definition) is 1. The summed E-state index contributed by atoms with van der Waals surface area (Å²) in [4.78, 5) is 0. The molecule has 0 saturated carbocycles. The van der Waals surface area contributed by atoms with Gasteiger partial charge in [0, 0.05) is 13.1 Å². The molecule has 0 aromatic heterocycles. The Balaban J connectivity index is 2.04. The van der Waals surface area contributed by atoms with Crippen LogP contribution in [0.2, 0.25) is 0 Å². The Bertz CT molecular complexity index is 410. The van der Waals surface area contributed by atoms with Gasteiger partial charge in [-0.2, -0.15) is 5.26 Å². The minimum Gasteiger partial charge on any atom is -0.379 e. The zero-order valence-electron chi connectivity index (χ0n) is 8.74. The van der Waals surface area contributed by atoms with Crippen LogP contribution in [0.15, 0.2) is 18.2 Å². The lowest BCUT2D eigenvalue weighted by molar-refractivity contribution is 0.0497. The van der Waals surface area contributed by atoms with E-state index in [0.29, 0.717) is 18.9 Å². The van der Waals surface area contributed by atoms with Crippen molar-refractivity contribution in [1.82, 2.24) is 5.01 Å². The second-order valence-electron chi connectivity index (χ2n) is 3.52. The highest BCUT2D eigenvalue weighted by atomic mass is 19.1. The first-order valence-corrected chi connectivity index (χ1v) is 5.08. The first-order chi connectivity index (χ1) is 7.79. The molecule has 5 heteroatoms. The number of halogens is 1. The average molecular weight is 221 g/mol. The fourth-order valence-corrected chi connectivity index (χ4v) is 1.53. The smallest absolute Gasteiger partial charge is 0.143 e. The fourth-order valence-electron chi connectivity index (χ4n) is 1.53. The zero-order chi connectivity index (χ0) is 11.4. The van der Waals surface area contributed by atoms with E-state index in [0.717, 1.165) is 13.1 Å². The predicted octanol–water partition coefficient (Wildman–Crippen LogP) is 1.36. The number of benzene rings is 1. The Labute approximate surface area is 93.2 Å². The highest BCUT2D eigenvalue weighted by Gasteiger charge is 2.10. The van der Waals surface area contributed by atoms with Crippen LogP contribution in [0.1, 0.15) is 5.56 Å². The summed E-state index contributed by atoms with van der Waals surface area (Å²) in [6.45, 7) is 2.88. The van der Waals surface area contributed by atoms with Gasteiger partial charge in [0.05, 0.1) is 24.5 Å². The van der Waals surface area contributed by atoms with E-state index in [2.05, 4.69) is 5.43 Å². The Kier molecular flexibility index (Phi) is 3.34. The molecule has 1 aromatic rings. The Morgan fingerprint density at radius 3 is 2.75 bits per heavy atom. The molecule has 0 unspecified atom stereocenters. The van der Waals surface area contributed by atoms with Crippen LogP contribution in [0.25, 0.3) is 0 Å². The van der Waals surface area contributed by atoms with E-state index in [1.165, 1.54) is 12.1 Å². The first-order valence-electron chi connectivity index (χ1n) is 5.08. The van der Waals surface area contributed by atoms with E-state index in [1.54, 1.807) is 12.1 Å². The number of nitrogens with one attached hydrogen (secondary N) is 1. The average Bonchev–Trinajstić information content (AvgIpc) is 2.31. The highest BCUT2D eigenvalue weighted by molar-refractivity contribution is 5.47. The third-order valence-corrected chi connectivity index (χ3v) is 2.39. The van der Waals surface area contributed by atoms with Crippen molar-refractivity contribution in [2.45, 2.75) is 0 Å². The second-order valence-corrected chi connectivity index (χ2v) is 3.52. The van der Waals surface area contributed by atoms with Crippen LogP contribution in [0, 0.1) is 17.1 Å². The van der Waals surface area contributed by atoms with Gasteiger partial charge in [0.15, 0.2) is 0 Å². The van der Waals surface area contributed by atoms with Crippen LogP contribution in [0.3, 0.4) is 0 Å². The van der Waals surface area contributed by atoms with Crippen molar-refractivity contribution in [3.63, 3.8) is 0 Å². The summed E-state index contributed by atoms with van der Waals surface area (Å²) in [5.74, 6) is -0.499. The molecule has 1 saturated heterocycles. The minimum absolute atomic E-state index is 0.0625. The van der Waals surface area contributed by atoms with Crippen molar-refractivity contribution < 1.29 is 9.13 Å². The van der Waals surface area contributed by atoms with Crippen LogP contribution in [0.4, 0.5) is 10.1 Å². The molecule has 1 heterocycles. The van der Waals surface area contributed by atoms with Gasteiger partial charge in [0.2, 0.25) is 0 Å². The molecule has 1 fully saturated rings. The molecule has 0 spiro atoms. The molecule has 16 heavy (non-hydrogen) atoms. The van der Waals surface area contributed by atoms with Crippen LogP contribution in [-0.4, -0.2) is 31.3 Å². The SMILES string of the molecule is N#Cc1ccc(NN2CCOCC2)cc1F. The lowest BCUT2D eigenvalue weighted by Crippen LogP contribution is -2.40. The van der Waals surface area contributed by atoms with Gasteiger partial charge < -0.3 is 10.2 Å².